The number of rotatable bonds is 4. The van der Waals surface area contributed by atoms with Crippen LogP contribution in [0.5, 0.6) is 0 Å². The highest BCUT2D eigenvalue weighted by Gasteiger charge is 2.37. The summed E-state index contributed by atoms with van der Waals surface area (Å²) in [5, 5.41) is 0.836. The lowest BCUT2D eigenvalue weighted by Gasteiger charge is -2.36. The number of likely N-dealkylation sites (tertiary alicyclic amines) is 1. The van der Waals surface area contributed by atoms with Gasteiger partial charge in [0.1, 0.15) is 0 Å². The van der Waals surface area contributed by atoms with E-state index in [1.807, 2.05) is 0 Å². The second kappa shape index (κ2) is 8.70. The van der Waals surface area contributed by atoms with Crippen LogP contribution in [0.15, 0.2) is 18.2 Å². The summed E-state index contributed by atoms with van der Waals surface area (Å²) in [5.41, 5.74) is 0.447. The number of halogens is 2. The molecule has 0 bridgehead atoms. The molecule has 1 aromatic carbocycles. The van der Waals surface area contributed by atoms with Gasteiger partial charge in [-0.25, -0.2) is 0 Å². The third-order valence-electron chi connectivity index (χ3n) is 5.14. The molecular formula is C20H25Cl2N3O3. The number of carbonyl (C=O) groups is 3. The number of piperazine rings is 1. The van der Waals surface area contributed by atoms with E-state index >= 15 is 0 Å². The minimum absolute atomic E-state index is 0.0116. The van der Waals surface area contributed by atoms with Crippen molar-refractivity contribution in [2.24, 2.45) is 11.8 Å². The molecule has 0 aliphatic carbocycles. The van der Waals surface area contributed by atoms with Crippen molar-refractivity contribution in [3.8, 4) is 0 Å². The van der Waals surface area contributed by atoms with Crippen LogP contribution in [0.1, 0.15) is 30.6 Å². The Kier molecular flexibility index (Phi) is 6.50. The number of amides is 3. The molecule has 2 saturated heterocycles. The molecule has 2 heterocycles. The highest BCUT2D eigenvalue weighted by atomic mass is 35.5. The summed E-state index contributed by atoms with van der Waals surface area (Å²) in [6.45, 7) is 7.14. The number of nitrogens with zero attached hydrogens (tertiary/aromatic N) is 3. The lowest BCUT2D eigenvalue weighted by molar-refractivity contribution is -0.137. The molecule has 8 heteroatoms. The van der Waals surface area contributed by atoms with Gasteiger partial charge in [-0.1, -0.05) is 37.0 Å². The highest BCUT2D eigenvalue weighted by molar-refractivity contribution is 6.35. The van der Waals surface area contributed by atoms with Crippen LogP contribution in [-0.2, 0) is 9.59 Å². The van der Waals surface area contributed by atoms with Gasteiger partial charge in [-0.05, 0) is 24.1 Å². The third kappa shape index (κ3) is 4.78. The monoisotopic (exact) mass is 425 g/mol. The normalized spacial score (nSPS) is 20.2. The molecule has 2 fully saturated rings. The molecule has 3 rings (SSSR count). The fraction of sp³-hybridized carbons (Fsp3) is 0.550. The topological polar surface area (TPSA) is 60.9 Å². The van der Waals surface area contributed by atoms with E-state index in [2.05, 4.69) is 13.8 Å². The van der Waals surface area contributed by atoms with Crippen LogP contribution in [0.2, 0.25) is 10.0 Å². The van der Waals surface area contributed by atoms with E-state index in [-0.39, 0.29) is 30.1 Å². The first-order chi connectivity index (χ1) is 13.2. The minimum Gasteiger partial charge on any atom is -0.342 e. The Morgan fingerprint density at radius 2 is 1.61 bits per heavy atom. The molecule has 28 heavy (non-hydrogen) atoms. The van der Waals surface area contributed by atoms with Gasteiger partial charge < -0.3 is 14.7 Å². The first-order valence-electron chi connectivity index (χ1n) is 9.56. The van der Waals surface area contributed by atoms with Crippen molar-refractivity contribution in [3.05, 3.63) is 33.8 Å². The van der Waals surface area contributed by atoms with Gasteiger partial charge in [0, 0.05) is 61.3 Å². The van der Waals surface area contributed by atoms with Crippen molar-refractivity contribution in [2.75, 3.05) is 39.3 Å². The zero-order valence-corrected chi connectivity index (χ0v) is 17.7. The number of carbonyl (C=O) groups excluding carboxylic acids is 3. The van der Waals surface area contributed by atoms with E-state index in [1.54, 1.807) is 32.9 Å². The summed E-state index contributed by atoms with van der Waals surface area (Å²) in [6, 6.07) is 4.78. The first-order valence-corrected chi connectivity index (χ1v) is 10.3. The van der Waals surface area contributed by atoms with Gasteiger partial charge in [0.25, 0.3) is 5.91 Å². The van der Waals surface area contributed by atoms with Crippen LogP contribution >= 0.6 is 23.2 Å². The molecule has 2 aliphatic heterocycles. The molecule has 0 aromatic heterocycles. The standard InChI is InChI=1S/C20H25Cl2N3O3/c1-13(2)11-25-12-15(9-18(25)26)20(28)24-5-3-23(4-6-24)19(27)14-7-16(21)10-17(22)8-14/h7-8,10,13,15H,3-6,9,11-12H2,1-2H3/t15-/m1/s1. The Balaban J connectivity index is 1.56. The SMILES string of the molecule is CC(C)CN1C[C@H](C(=O)N2CCN(C(=O)c3cc(Cl)cc(Cl)c3)CC2)CC1=O. The maximum absolute atomic E-state index is 12.8. The van der Waals surface area contributed by atoms with Crippen LogP contribution in [0.4, 0.5) is 0 Å². The average molecular weight is 426 g/mol. The average Bonchev–Trinajstić information content (AvgIpc) is 2.99. The van der Waals surface area contributed by atoms with E-state index in [9.17, 15) is 14.4 Å². The second-order valence-electron chi connectivity index (χ2n) is 7.87. The molecule has 1 aromatic rings. The second-order valence-corrected chi connectivity index (χ2v) is 8.74. The number of benzene rings is 1. The fourth-order valence-corrected chi connectivity index (χ4v) is 4.33. The Labute approximate surface area is 175 Å². The molecule has 6 nitrogen and oxygen atoms in total. The molecule has 2 aliphatic rings. The Morgan fingerprint density at radius 3 is 2.18 bits per heavy atom. The molecule has 1 atom stereocenters. The van der Waals surface area contributed by atoms with Crippen molar-refractivity contribution in [1.82, 2.24) is 14.7 Å². The van der Waals surface area contributed by atoms with Crippen molar-refractivity contribution >= 4 is 40.9 Å². The van der Waals surface area contributed by atoms with E-state index in [0.717, 1.165) is 0 Å². The zero-order valence-electron chi connectivity index (χ0n) is 16.2. The molecule has 0 spiro atoms. The molecule has 0 radical (unpaired) electrons. The maximum Gasteiger partial charge on any atom is 0.254 e. The lowest BCUT2D eigenvalue weighted by atomic mass is 10.1. The van der Waals surface area contributed by atoms with Gasteiger partial charge >= 0.3 is 0 Å². The quantitative estimate of drug-likeness (QED) is 0.744. The Morgan fingerprint density at radius 1 is 1.04 bits per heavy atom. The van der Waals surface area contributed by atoms with Crippen LogP contribution in [-0.4, -0.2) is 71.7 Å². The first kappa shape index (κ1) is 20.9. The lowest BCUT2D eigenvalue weighted by Crippen LogP contribution is -2.52. The third-order valence-corrected chi connectivity index (χ3v) is 5.57. The van der Waals surface area contributed by atoms with E-state index in [0.29, 0.717) is 60.8 Å². The van der Waals surface area contributed by atoms with Gasteiger partial charge in [0.05, 0.1) is 5.92 Å². The summed E-state index contributed by atoms with van der Waals surface area (Å²) in [6.07, 6.45) is 0.283. The highest BCUT2D eigenvalue weighted by Crippen LogP contribution is 2.23. The van der Waals surface area contributed by atoms with Gasteiger partial charge in [-0.3, -0.25) is 14.4 Å². The molecule has 0 unspecified atom stereocenters. The molecule has 0 N–H and O–H groups in total. The summed E-state index contributed by atoms with van der Waals surface area (Å²) in [7, 11) is 0. The minimum atomic E-state index is -0.278. The van der Waals surface area contributed by atoms with Gasteiger partial charge in [-0.2, -0.15) is 0 Å². The van der Waals surface area contributed by atoms with E-state index in [1.165, 1.54) is 0 Å². The van der Waals surface area contributed by atoms with Crippen molar-refractivity contribution in [1.29, 1.82) is 0 Å². The van der Waals surface area contributed by atoms with Crippen LogP contribution < -0.4 is 0 Å². The van der Waals surface area contributed by atoms with Crippen molar-refractivity contribution in [3.63, 3.8) is 0 Å². The molecular weight excluding hydrogens is 401 g/mol. The molecule has 3 amide bonds. The predicted octanol–water partition coefficient (Wildman–Crippen LogP) is 2.78. The Bertz CT molecular complexity index is 756. The number of hydrogen-bond donors (Lipinski definition) is 0. The molecule has 0 saturated carbocycles. The van der Waals surface area contributed by atoms with E-state index < -0.39 is 0 Å². The van der Waals surface area contributed by atoms with Gasteiger partial charge in [0.15, 0.2) is 0 Å². The van der Waals surface area contributed by atoms with E-state index in [4.69, 9.17) is 23.2 Å². The summed E-state index contributed by atoms with van der Waals surface area (Å²) in [4.78, 5) is 42.9. The summed E-state index contributed by atoms with van der Waals surface area (Å²) in [5.74, 6) is 0.0273. The number of hydrogen-bond acceptors (Lipinski definition) is 3. The maximum atomic E-state index is 12.8. The fourth-order valence-electron chi connectivity index (χ4n) is 3.80. The Hall–Kier alpha value is -1.79. The molecule has 152 valence electrons. The van der Waals surface area contributed by atoms with Crippen molar-refractivity contribution in [2.45, 2.75) is 20.3 Å². The summed E-state index contributed by atoms with van der Waals surface area (Å²) >= 11 is 12.0. The van der Waals surface area contributed by atoms with Crippen LogP contribution in [0, 0.1) is 11.8 Å². The summed E-state index contributed by atoms with van der Waals surface area (Å²) < 4.78 is 0. The van der Waals surface area contributed by atoms with Crippen LogP contribution in [0.3, 0.4) is 0 Å². The van der Waals surface area contributed by atoms with Crippen molar-refractivity contribution < 1.29 is 14.4 Å². The zero-order chi connectivity index (χ0) is 20.4. The smallest absolute Gasteiger partial charge is 0.254 e. The largest absolute Gasteiger partial charge is 0.342 e. The predicted molar refractivity (Wildman–Crippen MR) is 108 cm³/mol. The van der Waals surface area contributed by atoms with Gasteiger partial charge in [-0.15, -0.1) is 0 Å². The van der Waals surface area contributed by atoms with Crippen LogP contribution in [0.25, 0.3) is 0 Å². The van der Waals surface area contributed by atoms with Gasteiger partial charge in [0.2, 0.25) is 11.8 Å².